The van der Waals surface area contributed by atoms with Gasteiger partial charge in [-0.15, -0.1) is 0 Å². The van der Waals surface area contributed by atoms with Gasteiger partial charge in [0.25, 0.3) is 15.9 Å². The molecule has 0 bridgehead atoms. The predicted molar refractivity (Wildman–Crippen MR) is 104 cm³/mol. The summed E-state index contributed by atoms with van der Waals surface area (Å²) in [6.45, 7) is 13.9. The summed E-state index contributed by atoms with van der Waals surface area (Å²) in [5.41, 5.74) is 0.533. The molecule has 1 rings (SSSR count). The molecule has 149 valence electrons. The quantitative estimate of drug-likeness (QED) is 0.556. The molecule has 0 aliphatic carbocycles. The lowest BCUT2D eigenvalue weighted by Crippen LogP contribution is -2.35. The van der Waals surface area contributed by atoms with E-state index in [-0.39, 0.29) is 42.5 Å². The Morgan fingerprint density at radius 1 is 0.769 bits per heavy atom. The Bertz CT molecular complexity index is 521. The summed E-state index contributed by atoms with van der Waals surface area (Å²) in [5.74, 6) is 0. The molecule has 8 heteroatoms. The van der Waals surface area contributed by atoms with Gasteiger partial charge in [-0.3, -0.25) is 0 Å². The molecule has 0 atom stereocenters. The van der Waals surface area contributed by atoms with Crippen LogP contribution in [-0.4, -0.2) is 26.4 Å². The molecule has 6 nitrogen and oxygen atoms in total. The van der Waals surface area contributed by atoms with E-state index in [4.69, 9.17) is 18.1 Å². The Kier molecular flexibility index (Phi) is 9.06. The molecule has 0 aromatic heterocycles. The topological polar surface area (TPSA) is 83.0 Å². The van der Waals surface area contributed by atoms with Crippen molar-refractivity contribution in [2.75, 3.05) is 26.4 Å². The minimum atomic E-state index is -3.59. The van der Waals surface area contributed by atoms with Gasteiger partial charge in [0.05, 0.1) is 32.5 Å². The third-order valence-electron chi connectivity index (χ3n) is 3.49. The molecule has 0 amide bonds. The number of hydrogen-bond donors (Lipinski definition) is 0. The van der Waals surface area contributed by atoms with Crippen LogP contribution in [0.15, 0.2) is 12.1 Å². The van der Waals surface area contributed by atoms with Gasteiger partial charge in [0, 0.05) is 0 Å². The third kappa shape index (κ3) is 5.92. The zero-order chi connectivity index (χ0) is 20.0. The van der Waals surface area contributed by atoms with Gasteiger partial charge in [0.2, 0.25) is 0 Å². The molecule has 1 radical (unpaired) electrons. The van der Waals surface area contributed by atoms with Crippen molar-refractivity contribution in [3.8, 4) is 0 Å². The molecule has 1 aromatic carbocycles. The molecular formula is C18H31O6P2. The average molecular weight is 405 g/mol. The van der Waals surface area contributed by atoms with Gasteiger partial charge < -0.3 is 9.79 Å². The van der Waals surface area contributed by atoms with Crippen molar-refractivity contribution in [3.63, 3.8) is 0 Å². The molecule has 0 unspecified atom stereocenters. The van der Waals surface area contributed by atoms with Gasteiger partial charge in [-0.05, 0) is 50.8 Å². The molecule has 1 aromatic rings. The third-order valence-corrected chi connectivity index (χ3v) is 7.55. The highest BCUT2D eigenvalue weighted by Gasteiger charge is 2.40. The number of benzene rings is 1. The van der Waals surface area contributed by atoms with E-state index in [1.807, 2.05) is 20.8 Å². The first-order valence-electron chi connectivity index (χ1n) is 8.93. The fraction of sp³-hybridized carbons (Fsp3) is 0.667. The zero-order valence-corrected chi connectivity index (χ0v) is 18.6. The largest absolute Gasteiger partial charge is 0.627 e. The second-order valence-electron chi connectivity index (χ2n) is 6.56. The fourth-order valence-corrected chi connectivity index (χ4v) is 5.56. The van der Waals surface area contributed by atoms with Crippen molar-refractivity contribution in [1.29, 1.82) is 0 Å². The van der Waals surface area contributed by atoms with Gasteiger partial charge >= 0.3 is 0 Å². The van der Waals surface area contributed by atoms with Gasteiger partial charge in [-0.2, -0.15) is 0 Å². The van der Waals surface area contributed by atoms with Crippen molar-refractivity contribution in [2.24, 2.45) is 0 Å². The van der Waals surface area contributed by atoms with E-state index in [2.05, 4.69) is 6.07 Å². The van der Waals surface area contributed by atoms with E-state index in [1.165, 1.54) is 0 Å². The highest BCUT2D eigenvalue weighted by molar-refractivity contribution is 7.68. The van der Waals surface area contributed by atoms with E-state index in [9.17, 15) is 9.79 Å². The zero-order valence-electron chi connectivity index (χ0n) is 16.8. The van der Waals surface area contributed by atoms with Crippen molar-refractivity contribution in [1.82, 2.24) is 0 Å². The highest BCUT2D eigenvalue weighted by Crippen LogP contribution is 2.54. The molecule has 0 saturated carbocycles. The smallest absolute Gasteiger partial charge is 0.271 e. The van der Waals surface area contributed by atoms with E-state index < -0.39 is 15.9 Å². The van der Waals surface area contributed by atoms with Gasteiger partial charge in [-0.25, -0.2) is 18.1 Å². The summed E-state index contributed by atoms with van der Waals surface area (Å²) in [6.07, 6.45) is 0. The molecule has 26 heavy (non-hydrogen) atoms. The van der Waals surface area contributed by atoms with Crippen LogP contribution in [0.1, 0.15) is 54.0 Å². The maximum Gasteiger partial charge on any atom is 0.271 e. The van der Waals surface area contributed by atoms with Crippen LogP contribution in [0.2, 0.25) is 0 Å². The number of hydrogen-bond acceptors (Lipinski definition) is 6. The Labute approximate surface area is 159 Å². The lowest BCUT2D eigenvalue weighted by atomic mass is 9.87. The summed E-state index contributed by atoms with van der Waals surface area (Å²) in [5, 5.41) is 0.478. The molecule has 0 N–H and O–H groups in total. The summed E-state index contributed by atoms with van der Waals surface area (Å²) in [6, 6.07) is 6.42. The molecule has 0 aliphatic rings. The SMILES string of the molecule is CCO[P+]([O-])(OCC)c1[c]c([P+]([O-])(OCC)OCC)cc(C(C)(C)C)c1. The minimum absolute atomic E-state index is 0.217. The van der Waals surface area contributed by atoms with Crippen LogP contribution < -0.4 is 20.4 Å². The normalized spacial score (nSPS) is 13.3. The minimum Gasteiger partial charge on any atom is -0.627 e. The number of rotatable bonds is 10. The van der Waals surface area contributed by atoms with Crippen LogP contribution in [0.25, 0.3) is 0 Å². The molecule has 0 saturated heterocycles. The summed E-state index contributed by atoms with van der Waals surface area (Å²) in [7, 11) is -7.18. The van der Waals surface area contributed by atoms with Crippen LogP contribution in [0.5, 0.6) is 0 Å². The first-order chi connectivity index (χ1) is 12.1. The predicted octanol–water partition coefficient (Wildman–Crippen LogP) is 2.43. The molecule has 0 spiro atoms. The fourth-order valence-electron chi connectivity index (χ4n) is 2.30. The van der Waals surface area contributed by atoms with Crippen LogP contribution in [0, 0.1) is 6.07 Å². The summed E-state index contributed by atoms with van der Waals surface area (Å²) < 4.78 is 21.8. The van der Waals surface area contributed by atoms with E-state index in [1.54, 1.807) is 39.8 Å². The van der Waals surface area contributed by atoms with Gasteiger partial charge in [0.15, 0.2) is 10.6 Å². The maximum atomic E-state index is 13.2. The molecule has 0 aliphatic heterocycles. The first kappa shape index (κ1) is 23.9. The second-order valence-corrected chi connectivity index (χ2v) is 10.5. The lowest BCUT2D eigenvalue weighted by Gasteiger charge is -2.31. The Hall–Kier alpha value is -0.160. The van der Waals surface area contributed by atoms with Crippen molar-refractivity contribution >= 4 is 26.5 Å². The standard InChI is InChI=1S/C18H31O6P2/c1-8-21-25(19,22-9-2)16-12-15(18(5,6)7)13-17(14-16)26(20,23-10-3)24-11-4/h12-13H,8-11H2,1-7H3. The van der Waals surface area contributed by atoms with E-state index in [0.717, 1.165) is 5.56 Å². The maximum absolute atomic E-state index is 13.2. The molecular weight excluding hydrogens is 374 g/mol. The average Bonchev–Trinajstić information content (AvgIpc) is 2.54. The monoisotopic (exact) mass is 405 g/mol. The first-order valence-corrected chi connectivity index (χ1v) is 12.0. The van der Waals surface area contributed by atoms with Gasteiger partial charge in [0.1, 0.15) is 0 Å². The highest BCUT2D eigenvalue weighted by atomic mass is 31.2. The lowest BCUT2D eigenvalue weighted by molar-refractivity contribution is -0.213. The van der Waals surface area contributed by atoms with Crippen molar-refractivity contribution in [2.45, 2.75) is 53.9 Å². The van der Waals surface area contributed by atoms with E-state index >= 15 is 0 Å². The van der Waals surface area contributed by atoms with Crippen LogP contribution >= 0.6 is 15.9 Å². The Morgan fingerprint density at radius 2 is 1.08 bits per heavy atom. The van der Waals surface area contributed by atoms with Crippen LogP contribution in [0.4, 0.5) is 0 Å². The van der Waals surface area contributed by atoms with Crippen molar-refractivity contribution in [3.05, 3.63) is 23.8 Å². The summed E-state index contributed by atoms with van der Waals surface area (Å²) in [4.78, 5) is 26.5. The van der Waals surface area contributed by atoms with Crippen LogP contribution in [0.3, 0.4) is 0 Å². The second kappa shape index (κ2) is 9.86. The van der Waals surface area contributed by atoms with Gasteiger partial charge in [-0.1, -0.05) is 20.8 Å². The summed E-state index contributed by atoms with van der Waals surface area (Å²) >= 11 is 0. The van der Waals surface area contributed by atoms with E-state index in [0.29, 0.717) is 0 Å². The van der Waals surface area contributed by atoms with Crippen molar-refractivity contribution < 1.29 is 27.9 Å². The van der Waals surface area contributed by atoms with Crippen LogP contribution in [-0.2, 0) is 23.5 Å². The molecule has 0 fully saturated rings. The Balaban J connectivity index is 3.62. The molecule has 0 heterocycles. The Morgan fingerprint density at radius 3 is 1.31 bits per heavy atom.